The fourth-order valence-electron chi connectivity index (χ4n) is 4.78. The molecule has 4 aromatic rings. The number of benzene rings is 2. The number of fused-ring (bicyclic) bond motifs is 1. The second kappa shape index (κ2) is 10.7. The number of sulfone groups is 1. The topological polar surface area (TPSA) is 109 Å². The molecule has 0 radical (unpaired) electrons. The average molecular weight is 591 g/mol. The van der Waals surface area contributed by atoms with E-state index in [-0.39, 0.29) is 38.7 Å². The lowest BCUT2D eigenvalue weighted by Gasteiger charge is -2.29. The molecular formula is C27H26F4N6O3S. The molecule has 216 valence electrons. The predicted octanol–water partition coefficient (Wildman–Crippen LogP) is 4.03. The van der Waals surface area contributed by atoms with Gasteiger partial charge in [-0.05, 0) is 54.4 Å². The highest BCUT2D eigenvalue weighted by atomic mass is 32.2. The van der Waals surface area contributed by atoms with E-state index in [0.717, 1.165) is 19.3 Å². The number of aryl methyl sites for hydroxylation is 1. The van der Waals surface area contributed by atoms with Gasteiger partial charge in [0.25, 0.3) is 5.56 Å². The molecule has 14 heteroatoms. The summed E-state index contributed by atoms with van der Waals surface area (Å²) in [4.78, 5) is 23.7. The lowest BCUT2D eigenvalue weighted by Crippen LogP contribution is -2.43. The highest BCUT2D eigenvalue weighted by Gasteiger charge is 2.30. The van der Waals surface area contributed by atoms with E-state index < -0.39 is 33.9 Å². The third-order valence-electron chi connectivity index (χ3n) is 6.74. The van der Waals surface area contributed by atoms with Gasteiger partial charge in [0.15, 0.2) is 9.84 Å². The van der Waals surface area contributed by atoms with E-state index in [1.54, 1.807) is 19.1 Å². The lowest BCUT2D eigenvalue weighted by molar-refractivity contribution is -0.140. The molecule has 2 aromatic carbocycles. The summed E-state index contributed by atoms with van der Waals surface area (Å²) in [6.45, 7) is 2.72. The highest BCUT2D eigenvalue weighted by molar-refractivity contribution is 7.90. The largest absolute Gasteiger partial charge is 0.406 e. The Morgan fingerprint density at radius 2 is 1.78 bits per heavy atom. The first-order valence-electron chi connectivity index (χ1n) is 12.6. The number of nitrogens with zero attached hydrogens (tertiary/aromatic N) is 4. The number of piperazine rings is 1. The first-order chi connectivity index (χ1) is 19.3. The van der Waals surface area contributed by atoms with Gasteiger partial charge in [-0.15, -0.1) is 0 Å². The molecule has 0 bridgehead atoms. The number of halogens is 4. The second-order valence-corrected chi connectivity index (χ2v) is 11.8. The zero-order valence-electron chi connectivity index (χ0n) is 22.1. The first kappa shape index (κ1) is 28.5. The maximum atomic E-state index is 14.9. The van der Waals surface area contributed by atoms with E-state index in [1.165, 1.54) is 36.5 Å². The van der Waals surface area contributed by atoms with Crippen LogP contribution < -0.4 is 21.1 Å². The van der Waals surface area contributed by atoms with E-state index in [0.29, 0.717) is 28.9 Å². The van der Waals surface area contributed by atoms with Gasteiger partial charge in [-0.3, -0.25) is 9.36 Å². The van der Waals surface area contributed by atoms with Crippen LogP contribution in [0.4, 0.5) is 34.9 Å². The Hall–Kier alpha value is -4.04. The van der Waals surface area contributed by atoms with Crippen LogP contribution in [-0.4, -0.2) is 61.6 Å². The number of pyridine rings is 1. The van der Waals surface area contributed by atoms with Gasteiger partial charge in [0.1, 0.15) is 18.0 Å². The molecule has 1 aliphatic heterocycles. The van der Waals surface area contributed by atoms with Gasteiger partial charge in [-0.1, -0.05) is 6.07 Å². The van der Waals surface area contributed by atoms with Crippen LogP contribution >= 0.6 is 0 Å². The average Bonchev–Trinajstić information content (AvgIpc) is 2.90. The maximum Gasteiger partial charge on any atom is 0.406 e. The molecule has 2 N–H and O–H groups in total. The monoisotopic (exact) mass is 590 g/mol. The summed E-state index contributed by atoms with van der Waals surface area (Å²) in [5.74, 6) is -0.600. The molecule has 2 aromatic heterocycles. The van der Waals surface area contributed by atoms with Gasteiger partial charge in [0, 0.05) is 55.3 Å². The minimum absolute atomic E-state index is 0.0200. The van der Waals surface area contributed by atoms with Crippen LogP contribution in [0.25, 0.3) is 22.2 Å². The Labute approximate surface area is 232 Å². The predicted molar refractivity (Wildman–Crippen MR) is 148 cm³/mol. The highest BCUT2D eigenvalue weighted by Crippen LogP contribution is 2.29. The van der Waals surface area contributed by atoms with E-state index in [9.17, 15) is 30.8 Å². The molecule has 0 amide bonds. The van der Waals surface area contributed by atoms with Crippen LogP contribution in [-0.2, 0) is 16.4 Å². The number of rotatable bonds is 6. The zero-order valence-corrected chi connectivity index (χ0v) is 22.9. The van der Waals surface area contributed by atoms with Crippen molar-refractivity contribution in [2.24, 2.45) is 0 Å². The summed E-state index contributed by atoms with van der Waals surface area (Å²) in [7, 11) is -3.53. The van der Waals surface area contributed by atoms with Crippen molar-refractivity contribution in [3.05, 3.63) is 70.4 Å². The fourth-order valence-corrected chi connectivity index (χ4v) is 5.49. The molecule has 0 spiro atoms. The van der Waals surface area contributed by atoms with Crippen molar-refractivity contribution in [3.8, 4) is 11.1 Å². The van der Waals surface area contributed by atoms with Crippen molar-refractivity contribution >= 4 is 38.2 Å². The third kappa shape index (κ3) is 6.17. The van der Waals surface area contributed by atoms with Crippen LogP contribution in [0, 0.1) is 12.7 Å². The van der Waals surface area contributed by atoms with E-state index in [2.05, 4.69) is 20.6 Å². The Kier molecular flexibility index (Phi) is 7.46. The van der Waals surface area contributed by atoms with Crippen LogP contribution in [0.2, 0.25) is 0 Å². The molecule has 0 saturated carbocycles. The molecule has 1 saturated heterocycles. The number of nitrogens with one attached hydrogen (secondary N) is 2. The lowest BCUT2D eigenvalue weighted by atomic mass is 10.0. The summed E-state index contributed by atoms with van der Waals surface area (Å²) in [5, 5.41) is 6.16. The molecule has 3 heterocycles. The van der Waals surface area contributed by atoms with Gasteiger partial charge in [-0.2, -0.15) is 18.2 Å². The summed E-state index contributed by atoms with van der Waals surface area (Å²) in [6, 6.07) is 9.89. The Morgan fingerprint density at radius 1 is 1.05 bits per heavy atom. The SMILES string of the molecule is Cc1cc(S(C)(=O)=O)ccc1-c1cc2cnc(Nc3ccc(N4CCNCC4)c(F)c3)nc2n(CC(F)(F)F)c1=O. The summed E-state index contributed by atoms with van der Waals surface area (Å²) in [5.41, 5.74) is 0.106. The van der Waals surface area contributed by atoms with Crippen molar-refractivity contribution < 1.29 is 26.0 Å². The quantitative estimate of drug-likeness (QED) is 0.324. The van der Waals surface area contributed by atoms with Crippen molar-refractivity contribution in [2.75, 3.05) is 42.7 Å². The van der Waals surface area contributed by atoms with Crippen LogP contribution in [0.15, 0.2) is 58.4 Å². The van der Waals surface area contributed by atoms with Crippen molar-refractivity contribution in [2.45, 2.75) is 24.5 Å². The Balaban J connectivity index is 1.55. The normalized spacial score (nSPS) is 14.4. The molecule has 0 unspecified atom stereocenters. The molecule has 1 fully saturated rings. The van der Waals surface area contributed by atoms with E-state index >= 15 is 0 Å². The zero-order chi connectivity index (χ0) is 29.5. The van der Waals surface area contributed by atoms with Crippen molar-refractivity contribution in [1.82, 2.24) is 19.9 Å². The number of alkyl halides is 3. The van der Waals surface area contributed by atoms with Gasteiger partial charge < -0.3 is 15.5 Å². The van der Waals surface area contributed by atoms with Crippen LogP contribution in [0.1, 0.15) is 5.56 Å². The van der Waals surface area contributed by atoms with Gasteiger partial charge in [-0.25, -0.2) is 17.8 Å². The van der Waals surface area contributed by atoms with Crippen molar-refractivity contribution in [3.63, 3.8) is 0 Å². The first-order valence-corrected chi connectivity index (χ1v) is 14.5. The molecule has 9 nitrogen and oxygen atoms in total. The number of hydrogen-bond acceptors (Lipinski definition) is 8. The Bertz CT molecular complexity index is 1800. The molecule has 5 rings (SSSR count). The third-order valence-corrected chi connectivity index (χ3v) is 7.85. The molecular weight excluding hydrogens is 564 g/mol. The number of hydrogen-bond donors (Lipinski definition) is 2. The Morgan fingerprint density at radius 3 is 2.41 bits per heavy atom. The molecule has 41 heavy (non-hydrogen) atoms. The number of aromatic nitrogens is 3. The van der Waals surface area contributed by atoms with Gasteiger partial charge >= 0.3 is 6.18 Å². The molecule has 1 aliphatic rings. The fraction of sp³-hybridized carbons (Fsp3) is 0.296. The van der Waals surface area contributed by atoms with Crippen LogP contribution in [0.3, 0.4) is 0 Å². The maximum absolute atomic E-state index is 14.9. The number of anilines is 3. The molecule has 0 atom stereocenters. The van der Waals surface area contributed by atoms with E-state index in [1.807, 2.05) is 4.90 Å². The molecule has 0 aliphatic carbocycles. The van der Waals surface area contributed by atoms with Crippen LogP contribution in [0.5, 0.6) is 0 Å². The minimum Gasteiger partial charge on any atom is -0.367 e. The standard InChI is InChI=1S/C27H26F4N6O3S/c1-16-11-19(41(2,39)40)4-5-20(16)21-12-17-14-33-26(35-24(17)37(25(21)38)15-27(29,30)31)34-18-3-6-23(22(28)13-18)36-9-7-32-8-10-36/h3-6,11-14,32H,7-10,15H2,1-2H3,(H,33,34,35). The smallest absolute Gasteiger partial charge is 0.367 e. The second-order valence-electron chi connectivity index (χ2n) is 9.81. The van der Waals surface area contributed by atoms with E-state index in [4.69, 9.17) is 0 Å². The minimum atomic E-state index is -4.74. The summed E-state index contributed by atoms with van der Waals surface area (Å²) >= 11 is 0. The van der Waals surface area contributed by atoms with Gasteiger partial charge in [0.05, 0.1) is 10.6 Å². The van der Waals surface area contributed by atoms with Crippen molar-refractivity contribution in [1.29, 1.82) is 0 Å². The summed E-state index contributed by atoms with van der Waals surface area (Å²) in [6.07, 6.45) is -2.44. The van der Waals surface area contributed by atoms with Gasteiger partial charge in [0.2, 0.25) is 5.95 Å². The summed E-state index contributed by atoms with van der Waals surface area (Å²) < 4.78 is 80.0.